The van der Waals surface area contributed by atoms with E-state index in [2.05, 4.69) is 0 Å². The molecule has 1 aliphatic carbocycles. The van der Waals surface area contributed by atoms with Crippen LogP contribution in [-0.4, -0.2) is 23.5 Å². The zero-order valence-corrected chi connectivity index (χ0v) is 18.2. The molecule has 0 bridgehead atoms. The van der Waals surface area contributed by atoms with Gasteiger partial charge in [-0.05, 0) is 29.2 Å². The number of benzene rings is 2. The van der Waals surface area contributed by atoms with Gasteiger partial charge in [0.2, 0.25) is 5.78 Å². The number of carbonyl (C=O) groups is 4. The Morgan fingerprint density at radius 3 is 1.68 bits per heavy atom. The number of ether oxygens (including phenoxy) is 2. The van der Waals surface area contributed by atoms with E-state index in [1.165, 1.54) is 0 Å². The lowest BCUT2D eigenvalue weighted by atomic mass is 9.73. The summed E-state index contributed by atoms with van der Waals surface area (Å²) in [5.74, 6) is -1.83. The lowest BCUT2D eigenvalue weighted by Gasteiger charge is -2.29. The fourth-order valence-corrected chi connectivity index (χ4v) is 3.78. The summed E-state index contributed by atoms with van der Waals surface area (Å²) >= 11 is 0. The molecule has 0 fully saturated rings. The Bertz CT molecular complexity index is 978. The molecular weight excluding hydrogens is 396 g/mol. The maximum Gasteiger partial charge on any atom is 0.310 e. The molecule has 3 rings (SSSR count). The third-order valence-corrected chi connectivity index (χ3v) is 5.15. The third-order valence-electron chi connectivity index (χ3n) is 5.15. The van der Waals surface area contributed by atoms with Crippen LogP contribution in [0.15, 0.2) is 36.4 Å². The summed E-state index contributed by atoms with van der Waals surface area (Å²) in [6, 6.07) is 9.86. The summed E-state index contributed by atoms with van der Waals surface area (Å²) in [5, 5.41) is 0. The molecule has 0 heterocycles. The van der Waals surface area contributed by atoms with Gasteiger partial charge >= 0.3 is 11.9 Å². The van der Waals surface area contributed by atoms with Crippen molar-refractivity contribution in [1.29, 1.82) is 0 Å². The summed E-state index contributed by atoms with van der Waals surface area (Å²) in [7, 11) is 0. The number of rotatable bonds is 7. The highest BCUT2D eigenvalue weighted by atomic mass is 16.5. The fourth-order valence-electron chi connectivity index (χ4n) is 3.78. The average molecular weight is 422 g/mol. The van der Waals surface area contributed by atoms with Crippen molar-refractivity contribution in [2.45, 2.75) is 52.9 Å². The maximum absolute atomic E-state index is 13.6. The fraction of sp³-hybridized carbons (Fsp3) is 0.360. The van der Waals surface area contributed by atoms with Gasteiger partial charge in [0.15, 0.2) is 0 Å². The first kappa shape index (κ1) is 22.4. The molecule has 0 N–H and O–H groups in total. The van der Waals surface area contributed by atoms with E-state index in [0.717, 1.165) is 0 Å². The maximum atomic E-state index is 13.6. The molecule has 0 radical (unpaired) electrons. The van der Waals surface area contributed by atoms with E-state index in [1.54, 1.807) is 50.2 Å². The van der Waals surface area contributed by atoms with Gasteiger partial charge < -0.3 is 9.47 Å². The van der Waals surface area contributed by atoms with Crippen molar-refractivity contribution in [3.05, 3.63) is 58.7 Å². The lowest BCUT2D eigenvalue weighted by molar-refractivity contribution is -0.134. The van der Waals surface area contributed by atoms with Crippen LogP contribution in [-0.2, 0) is 14.4 Å². The number of ketones is 2. The highest BCUT2D eigenvalue weighted by Crippen LogP contribution is 2.44. The molecule has 6 heteroatoms. The Morgan fingerprint density at radius 2 is 1.29 bits per heavy atom. The molecule has 2 aromatic rings. The quantitative estimate of drug-likeness (QED) is 0.478. The number of esters is 2. The van der Waals surface area contributed by atoms with Gasteiger partial charge in [0.25, 0.3) is 0 Å². The second-order valence-electron chi connectivity index (χ2n) is 7.92. The molecule has 0 amide bonds. The molecule has 1 aliphatic rings. The molecule has 31 heavy (non-hydrogen) atoms. The summed E-state index contributed by atoms with van der Waals surface area (Å²) in [6.07, 6.45) is 0.600. The highest BCUT2D eigenvalue weighted by Gasteiger charge is 2.39. The van der Waals surface area contributed by atoms with Crippen LogP contribution in [0.1, 0.15) is 79.9 Å². The lowest BCUT2D eigenvalue weighted by Crippen LogP contribution is -2.27. The van der Waals surface area contributed by atoms with Crippen LogP contribution in [0.3, 0.4) is 0 Å². The summed E-state index contributed by atoms with van der Waals surface area (Å²) in [4.78, 5) is 50.8. The van der Waals surface area contributed by atoms with E-state index in [1.807, 2.05) is 13.8 Å². The van der Waals surface area contributed by atoms with Crippen molar-refractivity contribution < 1.29 is 28.7 Å². The van der Waals surface area contributed by atoms with E-state index >= 15 is 0 Å². The zero-order valence-electron chi connectivity index (χ0n) is 18.2. The Labute approximate surface area is 181 Å². The predicted octanol–water partition coefficient (Wildman–Crippen LogP) is 4.61. The first-order valence-electron chi connectivity index (χ1n) is 10.5. The van der Waals surface area contributed by atoms with Crippen LogP contribution in [0, 0.1) is 5.92 Å². The van der Waals surface area contributed by atoms with Crippen LogP contribution >= 0.6 is 0 Å². The van der Waals surface area contributed by atoms with Gasteiger partial charge in [-0.1, -0.05) is 52.0 Å². The number of Topliss-reactive ketones (excluding diaryl/α,β-unsaturated/α-hetero) is 1. The molecule has 2 aromatic carbocycles. The smallest absolute Gasteiger partial charge is 0.310 e. The summed E-state index contributed by atoms with van der Waals surface area (Å²) in [6.45, 7) is 7.22. The molecule has 162 valence electrons. The molecule has 0 aromatic heterocycles. The Morgan fingerprint density at radius 1 is 0.839 bits per heavy atom. The average Bonchev–Trinajstić information content (AvgIpc) is 2.73. The highest BCUT2D eigenvalue weighted by molar-refractivity contribution is 6.18. The standard InChI is InChI=1S/C25H26O6/c1-5-20(27)30-18-11-7-9-15-22(17(26)13-14(3)4)16-10-8-12-19(31-21(28)6-2)24(16)25(29)23(15)18/h7-12,14,22H,5-6,13H2,1-4H3. The second kappa shape index (κ2) is 9.25. The first-order valence-corrected chi connectivity index (χ1v) is 10.5. The van der Waals surface area contributed by atoms with E-state index in [0.29, 0.717) is 17.5 Å². The van der Waals surface area contributed by atoms with Crippen LogP contribution < -0.4 is 9.47 Å². The number of hydrogen-bond acceptors (Lipinski definition) is 6. The van der Waals surface area contributed by atoms with Crippen molar-refractivity contribution in [1.82, 2.24) is 0 Å². The van der Waals surface area contributed by atoms with E-state index in [9.17, 15) is 19.2 Å². The summed E-state index contributed by atoms with van der Waals surface area (Å²) < 4.78 is 10.8. The van der Waals surface area contributed by atoms with E-state index in [4.69, 9.17) is 9.47 Å². The van der Waals surface area contributed by atoms with Crippen LogP contribution in [0.4, 0.5) is 0 Å². The van der Waals surface area contributed by atoms with Gasteiger partial charge in [-0.15, -0.1) is 0 Å². The van der Waals surface area contributed by atoms with Crippen molar-refractivity contribution in [2.24, 2.45) is 5.92 Å². The molecule has 0 spiro atoms. The number of hydrogen-bond donors (Lipinski definition) is 0. The monoisotopic (exact) mass is 422 g/mol. The number of carbonyl (C=O) groups excluding carboxylic acids is 4. The Kier molecular flexibility index (Phi) is 6.68. The van der Waals surface area contributed by atoms with Gasteiger partial charge in [0.1, 0.15) is 17.3 Å². The van der Waals surface area contributed by atoms with Crippen molar-refractivity contribution in [2.75, 3.05) is 0 Å². The molecule has 0 aliphatic heterocycles. The minimum atomic E-state index is -0.717. The van der Waals surface area contributed by atoms with Crippen LogP contribution in [0.25, 0.3) is 0 Å². The zero-order chi connectivity index (χ0) is 22.7. The van der Waals surface area contributed by atoms with E-state index < -0.39 is 23.6 Å². The van der Waals surface area contributed by atoms with Crippen LogP contribution in [0.2, 0.25) is 0 Å². The van der Waals surface area contributed by atoms with E-state index in [-0.39, 0.29) is 47.2 Å². The first-order chi connectivity index (χ1) is 14.8. The largest absolute Gasteiger partial charge is 0.426 e. The SMILES string of the molecule is CCC(=O)Oc1cccc2c1C(=O)c1c(OC(=O)CC)cccc1C2C(=O)CC(C)C. The van der Waals surface area contributed by atoms with Gasteiger partial charge in [-0.3, -0.25) is 19.2 Å². The van der Waals surface area contributed by atoms with Gasteiger partial charge in [-0.25, -0.2) is 0 Å². The Balaban J connectivity index is 2.25. The van der Waals surface area contributed by atoms with Gasteiger partial charge in [0.05, 0.1) is 17.0 Å². The Hall–Kier alpha value is -3.28. The summed E-state index contributed by atoms with van der Waals surface area (Å²) in [5.41, 5.74) is 1.34. The molecular formula is C25H26O6. The van der Waals surface area contributed by atoms with Gasteiger partial charge in [-0.2, -0.15) is 0 Å². The van der Waals surface area contributed by atoms with Gasteiger partial charge in [0, 0.05) is 19.3 Å². The van der Waals surface area contributed by atoms with Crippen molar-refractivity contribution in [3.8, 4) is 11.5 Å². The second-order valence-corrected chi connectivity index (χ2v) is 7.92. The number of fused-ring (bicyclic) bond motifs is 2. The van der Waals surface area contributed by atoms with Crippen molar-refractivity contribution in [3.63, 3.8) is 0 Å². The third kappa shape index (κ3) is 4.43. The normalized spacial score (nSPS) is 12.9. The molecule has 0 unspecified atom stereocenters. The predicted molar refractivity (Wildman–Crippen MR) is 114 cm³/mol. The van der Waals surface area contributed by atoms with Crippen molar-refractivity contribution >= 4 is 23.5 Å². The molecule has 6 nitrogen and oxygen atoms in total. The minimum Gasteiger partial charge on any atom is -0.426 e. The van der Waals surface area contributed by atoms with Crippen LogP contribution in [0.5, 0.6) is 11.5 Å². The molecule has 0 atom stereocenters. The topological polar surface area (TPSA) is 86.7 Å². The molecule has 0 saturated carbocycles. The molecule has 0 saturated heterocycles. The minimum absolute atomic E-state index is 0.0528.